The molecule has 2 atom stereocenters. The Morgan fingerprint density at radius 3 is 2.68 bits per heavy atom. The van der Waals surface area contributed by atoms with Crippen molar-refractivity contribution in [3.8, 4) is 0 Å². The molecule has 22 heavy (non-hydrogen) atoms. The monoisotopic (exact) mass is 304 g/mol. The third kappa shape index (κ3) is 3.85. The van der Waals surface area contributed by atoms with Gasteiger partial charge in [0.25, 0.3) is 0 Å². The van der Waals surface area contributed by atoms with Gasteiger partial charge >= 0.3 is 0 Å². The average molecular weight is 304 g/mol. The molecule has 1 N–H and O–H groups in total. The van der Waals surface area contributed by atoms with Crippen LogP contribution >= 0.6 is 0 Å². The predicted octanol–water partition coefficient (Wildman–Crippen LogP) is 2.07. The van der Waals surface area contributed by atoms with Crippen LogP contribution in [0.2, 0.25) is 0 Å². The van der Waals surface area contributed by atoms with Crippen LogP contribution in [0.5, 0.6) is 0 Å². The lowest BCUT2D eigenvalue weighted by Crippen LogP contribution is -2.38. The van der Waals surface area contributed by atoms with Gasteiger partial charge in [-0.3, -0.25) is 9.59 Å². The summed E-state index contributed by atoms with van der Waals surface area (Å²) in [6.07, 6.45) is 1.24. The predicted molar refractivity (Wildman–Crippen MR) is 85.6 cm³/mol. The average Bonchev–Trinajstić information content (AvgIpc) is 2.90. The van der Waals surface area contributed by atoms with Crippen LogP contribution in [-0.4, -0.2) is 43.0 Å². The molecule has 0 saturated carbocycles. The number of hydrogen-bond acceptors (Lipinski definition) is 3. The molecule has 1 aliphatic heterocycles. The van der Waals surface area contributed by atoms with Gasteiger partial charge < -0.3 is 15.0 Å². The van der Waals surface area contributed by atoms with E-state index in [1.54, 1.807) is 12.0 Å². The Bertz CT molecular complexity index is 527. The molecule has 1 fully saturated rings. The first-order chi connectivity index (χ1) is 10.5. The molecule has 2 rings (SSSR count). The van der Waals surface area contributed by atoms with Gasteiger partial charge in [-0.15, -0.1) is 0 Å². The van der Waals surface area contributed by atoms with Gasteiger partial charge in [0.15, 0.2) is 0 Å². The Morgan fingerprint density at radius 2 is 2.09 bits per heavy atom. The molecule has 1 heterocycles. The summed E-state index contributed by atoms with van der Waals surface area (Å²) in [5.41, 5.74) is 2.01. The van der Waals surface area contributed by atoms with E-state index in [4.69, 9.17) is 4.74 Å². The minimum absolute atomic E-state index is 0.000798. The molecule has 5 heteroatoms. The van der Waals surface area contributed by atoms with E-state index < -0.39 is 0 Å². The lowest BCUT2D eigenvalue weighted by Gasteiger charge is -2.23. The van der Waals surface area contributed by atoms with E-state index in [0.717, 1.165) is 12.1 Å². The van der Waals surface area contributed by atoms with Gasteiger partial charge in [-0.25, -0.2) is 0 Å². The van der Waals surface area contributed by atoms with Crippen molar-refractivity contribution in [3.05, 3.63) is 29.8 Å². The fourth-order valence-corrected chi connectivity index (χ4v) is 2.73. The fourth-order valence-electron chi connectivity index (χ4n) is 2.73. The van der Waals surface area contributed by atoms with Crippen molar-refractivity contribution in [3.63, 3.8) is 0 Å². The Kier molecular flexibility index (Phi) is 5.55. The van der Waals surface area contributed by atoms with Crippen LogP contribution in [0, 0.1) is 5.92 Å². The quantitative estimate of drug-likeness (QED) is 0.875. The summed E-state index contributed by atoms with van der Waals surface area (Å²) in [4.78, 5) is 26.1. The highest BCUT2D eigenvalue weighted by Gasteiger charge is 2.36. The summed E-state index contributed by atoms with van der Waals surface area (Å²) in [7, 11) is 1.61. The first-order valence-corrected chi connectivity index (χ1v) is 7.73. The number of amides is 2. The molecule has 0 bridgehead atoms. The van der Waals surface area contributed by atoms with Gasteiger partial charge in [0.1, 0.15) is 0 Å². The molecule has 1 saturated heterocycles. The van der Waals surface area contributed by atoms with Gasteiger partial charge in [-0.1, -0.05) is 19.1 Å². The summed E-state index contributed by atoms with van der Waals surface area (Å²) in [5, 5.41) is 2.90. The number of nitrogens with zero attached hydrogens (tertiary/aromatic N) is 1. The van der Waals surface area contributed by atoms with Crippen molar-refractivity contribution < 1.29 is 14.3 Å². The normalized spacial score (nSPS) is 19.3. The number of aryl methyl sites for hydroxylation is 1. The van der Waals surface area contributed by atoms with E-state index in [9.17, 15) is 9.59 Å². The zero-order valence-electron chi connectivity index (χ0n) is 13.5. The van der Waals surface area contributed by atoms with Crippen LogP contribution in [-0.2, 0) is 20.7 Å². The van der Waals surface area contributed by atoms with E-state index in [1.807, 2.05) is 31.2 Å². The molecule has 5 nitrogen and oxygen atoms in total. The molecule has 0 radical (unpaired) electrons. The van der Waals surface area contributed by atoms with Crippen molar-refractivity contribution in [2.24, 2.45) is 5.92 Å². The number of benzene rings is 1. The number of hydrogen-bond donors (Lipinski definition) is 1. The number of rotatable bonds is 6. The second-order valence-electron chi connectivity index (χ2n) is 5.79. The second kappa shape index (κ2) is 7.40. The fraction of sp³-hybridized carbons (Fsp3) is 0.529. The minimum Gasteiger partial charge on any atom is -0.383 e. The van der Waals surface area contributed by atoms with Crippen LogP contribution in [0.4, 0.5) is 5.69 Å². The van der Waals surface area contributed by atoms with E-state index in [2.05, 4.69) is 12.2 Å². The van der Waals surface area contributed by atoms with Gasteiger partial charge in [-0.2, -0.15) is 0 Å². The van der Waals surface area contributed by atoms with Gasteiger partial charge in [0.05, 0.1) is 18.6 Å². The lowest BCUT2D eigenvalue weighted by molar-refractivity contribution is -0.130. The number of carbonyl (C=O) groups is 2. The standard InChI is InChI=1S/C17H24N2O3/c1-4-13-5-7-15(8-6-13)18-17(21)14-9-16(20)19(10-14)12(2)11-22-3/h5-8,12,14H,4,9-11H2,1-3H3,(H,18,21)/t12-,14-/m1/s1. The SMILES string of the molecule is CCc1ccc(NC(=O)[C@@H]2CC(=O)N([C@H](C)COC)C2)cc1. The first kappa shape index (κ1) is 16.5. The smallest absolute Gasteiger partial charge is 0.229 e. The summed E-state index contributed by atoms with van der Waals surface area (Å²) >= 11 is 0. The molecule has 1 aromatic carbocycles. The molecule has 0 unspecified atom stereocenters. The van der Waals surface area contributed by atoms with Crippen molar-refractivity contribution in [1.29, 1.82) is 0 Å². The number of likely N-dealkylation sites (tertiary alicyclic amines) is 1. The third-order valence-corrected chi connectivity index (χ3v) is 4.10. The lowest BCUT2D eigenvalue weighted by atomic mass is 10.1. The molecule has 2 amide bonds. The van der Waals surface area contributed by atoms with Crippen LogP contribution in [0.3, 0.4) is 0 Å². The van der Waals surface area contributed by atoms with Gasteiger partial charge in [-0.05, 0) is 31.0 Å². The van der Waals surface area contributed by atoms with Crippen LogP contribution in [0.1, 0.15) is 25.8 Å². The van der Waals surface area contributed by atoms with Crippen molar-refractivity contribution in [1.82, 2.24) is 4.90 Å². The molecule has 120 valence electrons. The Hall–Kier alpha value is -1.88. The zero-order valence-corrected chi connectivity index (χ0v) is 13.5. The highest BCUT2D eigenvalue weighted by Crippen LogP contribution is 2.22. The number of carbonyl (C=O) groups excluding carboxylic acids is 2. The highest BCUT2D eigenvalue weighted by atomic mass is 16.5. The number of ether oxygens (including phenoxy) is 1. The number of methoxy groups -OCH3 is 1. The van der Waals surface area contributed by atoms with Crippen LogP contribution in [0.25, 0.3) is 0 Å². The second-order valence-corrected chi connectivity index (χ2v) is 5.79. The maximum atomic E-state index is 12.3. The Balaban J connectivity index is 1.94. The Morgan fingerprint density at radius 1 is 1.41 bits per heavy atom. The summed E-state index contributed by atoms with van der Waals surface area (Å²) < 4.78 is 5.08. The number of anilines is 1. The first-order valence-electron chi connectivity index (χ1n) is 7.73. The molecule has 0 aromatic heterocycles. The largest absolute Gasteiger partial charge is 0.383 e. The molecule has 1 aliphatic rings. The molecular formula is C17H24N2O3. The summed E-state index contributed by atoms with van der Waals surface area (Å²) in [6.45, 7) is 4.97. The maximum Gasteiger partial charge on any atom is 0.229 e. The highest BCUT2D eigenvalue weighted by molar-refractivity contribution is 5.97. The topological polar surface area (TPSA) is 58.6 Å². The van der Waals surface area contributed by atoms with Gasteiger partial charge in [0.2, 0.25) is 11.8 Å². The van der Waals surface area contributed by atoms with E-state index in [0.29, 0.717) is 13.2 Å². The summed E-state index contributed by atoms with van der Waals surface area (Å²) in [5.74, 6) is -0.367. The third-order valence-electron chi connectivity index (χ3n) is 4.10. The minimum atomic E-state index is -0.294. The van der Waals surface area contributed by atoms with Crippen molar-refractivity contribution in [2.45, 2.75) is 32.7 Å². The van der Waals surface area contributed by atoms with E-state index in [-0.39, 0.29) is 30.2 Å². The number of nitrogens with one attached hydrogen (secondary N) is 1. The molecule has 0 aliphatic carbocycles. The van der Waals surface area contributed by atoms with Crippen LogP contribution in [0.15, 0.2) is 24.3 Å². The molecule has 1 aromatic rings. The van der Waals surface area contributed by atoms with E-state index >= 15 is 0 Å². The Labute approximate surface area is 131 Å². The van der Waals surface area contributed by atoms with Gasteiger partial charge in [0, 0.05) is 25.8 Å². The van der Waals surface area contributed by atoms with Crippen LogP contribution < -0.4 is 5.32 Å². The summed E-state index contributed by atoms with van der Waals surface area (Å²) in [6, 6.07) is 7.81. The van der Waals surface area contributed by atoms with Crippen molar-refractivity contribution >= 4 is 17.5 Å². The maximum absolute atomic E-state index is 12.3. The zero-order chi connectivity index (χ0) is 16.1. The van der Waals surface area contributed by atoms with E-state index in [1.165, 1.54) is 5.56 Å². The van der Waals surface area contributed by atoms with Crippen molar-refractivity contribution in [2.75, 3.05) is 25.6 Å². The molecular weight excluding hydrogens is 280 g/mol. The molecule has 0 spiro atoms.